The van der Waals surface area contributed by atoms with Crippen LogP contribution < -0.4 is 4.74 Å². The maximum Gasteiger partial charge on any atom is 0.124 e. The van der Waals surface area contributed by atoms with Crippen molar-refractivity contribution in [2.24, 2.45) is 4.99 Å². The summed E-state index contributed by atoms with van der Waals surface area (Å²) in [5, 5.41) is 20.1. The SMILES string of the molecule is C[C@@H]1CCC[C@H](C)N1C[C@H](O)COc1ccc(N=Cc2ccccc2O)cc1. The zero-order chi connectivity index (χ0) is 19.9. The van der Waals surface area contributed by atoms with Crippen LogP contribution in [-0.4, -0.2) is 52.7 Å². The highest BCUT2D eigenvalue weighted by molar-refractivity contribution is 5.85. The molecular weight excluding hydrogens is 352 g/mol. The molecule has 5 heteroatoms. The summed E-state index contributed by atoms with van der Waals surface area (Å²) in [6, 6.07) is 15.5. The summed E-state index contributed by atoms with van der Waals surface area (Å²) in [5.74, 6) is 0.915. The molecular formula is C23H30N2O3. The number of para-hydroxylation sites is 1. The Morgan fingerprint density at radius 3 is 2.46 bits per heavy atom. The number of nitrogens with zero attached hydrogens (tertiary/aromatic N) is 2. The lowest BCUT2D eigenvalue weighted by Gasteiger charge is -2.40. The Morgan fingerprint density at radius 2 is 1.79 bits per heavy atom. The first-order valence-corrected chi connectivity index (χ1v) is 10.0. The van der Waals surface area contributed by atoms with Crippen LogP contribution in [0.2, 0.25) is 0 Å². The lowest BCUT2D eigenvalue weighted by atomic mass is 9.97. The van der Waals surface area contributed by atoms with Crippen molar-refractivity contribution in [1.29, 1.82) is 0 Å². The van der Waals surface area contributed by atoms with Crippen molar-refractivity contribution in [2.45, 2.75) is 51.3 Å². The zero-order valence-electron chi connectivity index (χ0n) is 16.7. The summed E-state index contributed by atoms with van der Waals surface area (Å²) < 4.78 is 5.75. The topological polar surface area (TPSA) is 65.3 Å². The molecule has 2 aromatic carbocycles. The lowest BCUT2D eigenvalue weighted by molar-refractivity contribution is 0.0209. The largest absolute Gasteiger partial charge is 0.507 e. The first kappa shape index (κ1) is 20.4. The fourth-order valence-electron chi connectivity index (χ4n) is 3.69. The molecule has 0 spiro atoms. The smallest absolute Gasteiger partial charge is 0.124 e. The van der Waals surface area contributed by atoms with E-state index in [1.807, 2.05) is 36.4 Å². The Hall–Kier alpha value is -2.37. The minimum atomic E-state index is -0.512. The molecule has 0 unspecified atom stereocenters. The van der Waals surface area contributed by atoms with Crippen LogP contribution in [0, 0.1) is 0 Å². The van der Waals surface area contributed by atoms with E-state index in [9.17, 15) is 10.2 Å². The summed E-state index contributed by atoms with van der Waals surface area (Å²) in [5.41, 5.74) is 1.44. The summed E-state index contributed by atoms with van der Waals surface area (Å²) in [7, 11) is 0. The molecule has 1 heterocycles. The number of hydrogen-bond donors (Lipinski definition) is 2. The van der Waals surface area contributed by atoms with Gasteiger partial charge in [-0.25, -0.2) is 0 Å². The van der Waals surface area contributed by atoms with E-state index in [2.05, 4.69) is 23.7 Å². The molecule has 1 saturated heterocycles. The molecule has 150 valence electrons. The molecule has 2 N–H and O–H groups in total. The molecule has 0 aromatic heterocycles. The van der Waals surface area contributed by atoms with Crippen LogP contribution in [0.25, 0.3) is 0 Å². The van der Waals surface area contributed by atoms with Gasteiger partial charge >= 0.3 is 0 Å². The maximum atomic E-state index is 10.4. The predicted molar refractivity (Wildman–Crippen MR) is 113 cm³/mol. The van der Waals surface area contributed by atoms with Gasteiger partial charge in [-0.2, -0.15) is 0 Å². The molecule has 0 saturated carbocycles. The normalized spacial score (nSPS) is 21.7. The minimum absolute atomic E-state index is 0.206. The Labute approximate surface area is 167 Å². The fraction of sp³-hybridized carbons (Fsp3) is 0.435. The van der Waals surface area contributed by atoms with Crippen molar-refractivity contribution < 1.29 is 14.9 Å². The van der Waals surface area contributed by atoms with Crippen molar-refractivity contribution in [3.8, 4) is 11.5 Å². The number of piperidine rings is 1. The van der Waals surface area contributed by atoms with Crippen LogP contribution in [-0.2, 0) is 0 Å². The zero-order valence-corrected chi connectivity index (χ0v) is 16.7. The Balaban J connectivity index is 1.49. The number of aliphatic hydroxyl groups is 1. The van der Waals surface area contributed by atoms with E-state index in [0.29, 0.717) is 29.9 Å². The van der Waals surface area contributed by atoms with Crippen LogP contribution in [0.5, 0.6) is 11.5 Å². The standard InChI is InChI=1S/C23H30N2O3/c1-17-6-5-7-18(2)25(17)15-21(26)16-28-22-12-10-20(11-13-22)24-14-19-8-3-4-9-23(19)27/h3-4,8-14,17-18,21,26-27H,5-7,15-16H2,1-2H3/t17-,18+,21-/m0/s1. The van der Waals surface area contributed by atoms with E-state index in [-0.39, 0.29) is 12.4 Å². The van der Waals surface area contributed by atoms with Crippen LogP contribution >= 0.6 is 0 Å². The molecule has 0 amide bonds. The van der Waals surface area contributed by atoms with Gasteiger partial charge in [0.25, 0.3) is 0 Å². The average Bonchev–Trinajstić information content (AvgIpc) is 2.69. The molecule has 0 bridgehead atoms. The molecule has 1 aliphatic rings. The summed E-state index contributed by atoms with van der Waals surface area (Å²) in [6.45, 7) is 5.39. The molecule has 3 rings (SSSR count). The molecule has 2 aromatic rings. The molecule has 1 fully saturated rings. The fourth-order valence-corrected chi connectivity index (χ4v) is 3.69. The van der Waals surface area contributed by atoms with E-state index in [4.69, 9.17) is 4.74 Å². The Morgan fingerprint density at radius 1 is 1.11 bits per heavy atom. The number of benzene rings is 2. The second kappa shape index (κ2) is 9.71. The van der Waals surface area contributed by atoms with Crippen LogP contribution in [0.1, 0.15) is 38.7 Å². The predicted octanol–water partition coefficient (Wildman–Crippen LogP) is 4.15. The third-order valence-electron chi connectivity index (χ3n) is 5.37. The second-order valence-electron chi connectivity index (χ2n) is 7.60. The molecule has 5 nitrogen and oxygen atoms in total. The highest BCUT2D eigenvalue weighted by Crippen LogP contribution is 2.23. The van der Waals surface area contributed by atoms with Crippen LogP contribution in [0.15, 0.2) is 53.5 Å². The Kier molecular flexibility index (Phi) is 7.06. The molecule has 1 aliphatic heterocycles. The van der Waals surface area contributed by atoms with Gasteiger partial charge in [-0.1, -0.05) is 18.6 Å². The van der Waals surface area contributed by atoms with Crippen molar-refractivity contribution in [1.82, 2.24) is 4.90 Å². The van der Waals surface area contributed by atoms with Gasteiger partial charge in [-0.15, -0.1) is 0 Å². The van der Waals surface area contributed by atoms with Crippen molar-refractivity contribution >= 4 is 11.9 Å². The molecule has 0 radical (unpaired) electrons. The highest BCUT2D eigenvalue weighted by Gasteiger charge is 2.26. The van der Waals surface area contributed by atoms with Gasteiger partial charge in [0, 0.05) is 30.4 Å². The first-order valence-electron chi connectivity index (χ1n) is 10.0. The van der Waals surface area contributed by atoms with Crippen molar-refractivity contribution in [3.05, 3.63) is 54.1 Å². The van der Waals surface area contributed by atoms with Gasteiger partial charge in [0.15, 0.2) is 0 Å². The first-order chi connectivity index (χ1) is 13.5. The van der Waals surface area contributed by atoms with Crippen LogP contribution in [0.3, 0.4) is 0 Å². The quantitative estimate of drug-likeness (QED) is 0.706. The monoisotopic (exact) mass is 382 g/mol. The van der Waals surface area contributed by atoms with Gasteiger partial charge in [0.05, 0.1) is 5.69 Å². The number of aliphatic imine (C=N–C) groups is 1. The van der Waals surface area contributed by atoms with Gasteiger partial charge in [0.1, 0.15) is 24.2 Å². The van der Waals surface area contributed by atoms with Gasteiger partial charge in [0.2, 0.25) is 0 Å². The summed E-state index contributed by atoms with van der Waals surface area (Å²) >= 11 is 0. The van der Waals surface area contributed by atoms with E-state index in [1.165, 1.54) is 19.3 Å². The third kappa shape index (κ3) is 5.57. The number of phenolic OH excluding ortho intramolecular Hbond substituents is 1. The molecule has 28 heavy (non-hydrogen) atoms. The number of β-amino-alcohol motifs (C(OH)–C–C–N with tert-alkyl or cyclic N) is 1. The lowest BCUT2D eigenvalue weighted by Crippen LogP contribution is -2.48. The molecule has 0 aliphatic carbocycles. The number of aromatic hydroxyl groups is 1. The minimum Gasteiger partial charge on any atom is -0.507 e. The number of likely N-dealkylation sites (tertiary alicyclic amines) is 1. The summed E-state index contributed by atoms with van der Waals surface area (Å²) in [4.78, 5) is 6.75. The van der Waals surface area contributed by atoms with Crippen molar-refractivity contribution in [2.75, 3.05) is 13.2 Å². The van der Waals surface area contributed by atoms with Gasteiger partial charge < -0.3 is 14.9 Å². The maximum absolute atomic E-state index is 10.4. The highest BCUT2D eigenvalue weighted by atomic mass is 16.5. The average molecular weight is 383 g/mol. The van der Waals surface area contributed by atoms with Crippen molar-refractivity contribution in [3.63, 3.8) is 0 Å². The van der Waals surface area contributed by atoms with Crippen LogP contribution in [0.4, 0.5) is 5.69 Å². The van der Waals surface area contributed by atoms with E-state index < -0.39 is 6.10 Å². The number of phenols is 1. The number of rotatable bonds is 7. The van der Waals surface area contributed by atoms with E-state index >= 15 is 0 Å². The summed E-state index contributed by atoms with van der Waals surface area (Å²) in [6.07, 6.45) is 4.78. The number of aliphatic hydroxyl groups excluding tert-OH is 1. The Bertz CT molecular complexity index is 766. The van der Waals surface area contributed by atoms with Gasteiger partial charge in [-0.3, -0.25) is 9.89 Å². The third-order valence-corrected chi connectivity index (χ3v) is 5.37. The van der Waals surface area contributed by atoms with E-state index in [1.54, 1.807) is 18.3 Å². The number of hydrogen-bond acceptors (Lipinski definition) is 5. The number of ether oxygens (including phenoxy) is 1. The second-order valence-corrected chi connectivity index (χ2v) is 7.60. The van der Waals surface area contributed by atoms with Gasteiger partial charge in [-0.05, 0) is 63.1 Å². The molecule has 3 atom stereocenters. The van der Waals surface area contributed by atoms with E-state index in [0.717, 1.165) is 5.69 Å².